The largest absolute Gasteiger partial charge is 0.385 e. The summed E-state index contributed by atoms with van der Waals surface area (Å²) in [7, 11) is 2.96. The number of methoxy groups -OCH3 is 2. The highest BCUT2D eigenvalue weighted by Crippen LogP contribution is 2.27. The van der Waals surface area contributed by atoms with Crippen molar-refractivity contribution in [2.24, 2.45) is 0 Å². The van der Waals surface area contributed by atoms with Gasteiger partial charge in [-0.15, -0.1) is 0 Å². The third kappa shape index (κ3) is 3.83. The Morgan fingerprint density at radius 3 is 2.35 bits per heavy atom. The van der Waals surface area contributed by atoms with Gasteiger partial charge in [0.05, 0.1) is 0 Å². The topological polar surface area (TPSA) is 38.7 Å². The fourth-order valence-corrected chi connectivity index (χ4v) is 2.21. The maximum absolute atomic E-state index is 10.3. The van der Waals surface area contributed by atoms with E-state index in [-0.39, 0.29) is 0 Å². The Labute approximate surface area is 111 Å². The van der Waals surface area contributed by atoms with E-state index in [1.807, 2.05) is 0 Å². The van der Waals surface area contributed by atoms with E-state index in [0.717, 1.165) is 5.56 Å². The van der Waals surface area contributed by atoms with E-state index in [0.29, 0.717) is 16.5 Å². The molecule has 1 rings (SSSR count). The number of ether oxygens (including phenoxy) is 2. The van der Waals surface area contributed by atoms with E-state index < -0.39 is 11.9 Å². The van der Waals surface area contributed by atoms with Crippen LogP contribution in [0.4, 0.5) is 0 Å². The summed E-state index contributed by atoms with van der Waals surface area (Å²) >= 11 is 11.9. The molecular weight excluding hydrogens is 263 g/mol. The summed E-state index contributed by atoms with van der Waals surface area (Å²) in [5.41, 5.74) is -0.374. The van der Waals surface area contributed by atoms with Crippen molar-refractivity contribution in [1.29, 1.82) is 0 Å². The Morgan fingerprint density at radius 2 is 1.88 bits per heavy atom. The Balaban J connectivity index is 2.89. The van der Waals surface area contributed by atoms with Gasteiger partial charge in [-0.05, 0) is 24.6 Å². The average molecular weight is 279 g/mol. The van der Waals surface area contributed by atoms with Crippen molar-refractivity contribution in [1.82, 2.24) is 0 Å². The molecule has 0 saturated carbocycles. The zero-order valence-corrected chi connectivity index (χ0v) is 11.5. The predicted octanol–water partition coefficient (Wildman–Crippen LogP) is 2.91. The maximum atomic E-state index is 10.3. The monoisotopic (exact) mass is 278 g/mol. The Morgan fingerprint density at radius 1 is 1.29 bits per heavy atom. The zero-order valence-electron chi connectivity index (χ0n) is 10.0. The van der Waals surface area contributed by atoms with E-state index in [2.05, 4.69) is 0 Å². The molecule has 0 fully saturated rings. The lowest BCUT2D eigenvalue weighted by Crippen LogP contribution is -2.43. The van der Waals surface area contributed by atoms with Gasteiger partial charge < -0.3 is 14.6 Å². The highest BCUT2D eigenvalue weighted by Gasteiger charge is 2.33. The van der Waals surface area contributed by atoms with Crippen LogP contribution in [-0.4, -0.2) is 31.2 Å². The van der Waals surface area contributed by atoms with Crippen LogP contribution in [0.5, 0.6) is 0 Å². The summed E-state index contributed by atoms with van der Waals surface area (Å²) in [6, 6.07) is 5.15. The minimum atomic E-state index is -1.17. The first-order valence-electron chi connectivity index (χ1n) is 5.12. The van der Waals surface area contributed by atoms with E-state index in [9.17, 15) is 5.11 Å². The molecule has 1 atom stereocenters. The number of aliphatic hydroxyl groups is 1. The lowest BCUT2D eigenvalue weighted by Gasteiger charge is -2.30. The zero-order chi connectivity index (χ0) is 13.1. The summed E-state index contributed by atoms with van der Waals surface area (Å²) in [5, 5.41) is 11.4. The second kappa shape index (κ2) is 6.03. The molecule has 0 radical (unpaired) electrons. The molecule has 0 aromatic heterocycles. The first-order chi connectivity index (χ1) is 7.90. The fourth-order valence-electron chi connectivity index (χ4n) is 1.74. The highest BCUT2D eigenvalue weighted by molar-refractivity contribution is 6.35. The molecule has 17 heavy (non-hydrogen) atoms. The van der Waals surface area contributed by atoms with Crippen LogP contribution in [-0.2, 0) is 15.9 Å². The quantitative estimate of drug-likeness (QED) is 0.842. The number of benzene rings is 1. The molecule has 0 amide bonds. The second-order valence-electron chi connectivity index (χ2n) is 4.07. The highest BCUT2D eigenvalue weighted by atomic mass is 35.5. The van der Waals surface area contributed by atoms with Crippen molar-refractivity contribution in [3.8, 4) is 0 Å². The minimum Gasteiger partial charge on any atom is -0.385 e. The average Bonchev–Trinajstić information content (AvgIpc) is 2.23. The molecule has 0 heterocycles. The van der Waals surface area contributed by atoms with Gasteiger partial charge in [0.25, 0.3) is 0 Å². The molecule has 0 aliphatic heterocycles. The van der Waals surface area contributed by atoms with Crippen molar-refractivity contribution in [3.63, 3.8) is 0 Å². The molecule has 0 bridgehead atoms. The third-order valence-electron chi connectivity index (χ3n) is 2.50. The van der Waals surface area contributed by atoms with Crippen molar-refractivity contribution in [3.05, 3.63) is 33.8 Å². The molecule has 1 N–H and O–H groups in total. The van der Waals surface area contributed by atoms with Crippen molar-refractivity contribution >= 4 is 23.2 Å². The number of hydrogen-bond acceptors (Lipinski definition) is 3. The van der Waals surface area contributed by atoms with Crippen LogP contribution in [0.25, 0.3) is 0 Å². The number of halogens is 2. The van der Waals surface area contributed by atoms with E-state index >= 15 is 0 Å². The molecule has 1 unspecified atom stereocenters. The van der Waals surface area contributed by atoms with Crippen molar-refractivity contribution in [2.45, 2.75) is 25.2 Å². The first-order valence-corrected chi connectivity index (χ1v) is 5.88. The van der Waals surface area contributed by atoms with Gasteiger partial charge in [0.2, 0.25) is 0 Å². The SMILES string of the molecule is COC(OC)C(C)(O)Cc1ccc(Cl)cc1Cl. The fraction of sp³-hybridized carbons (Fsp3) is 0.500. The van der Waals surface area contributed by atoms with Crippen LogP contribution in [0.3, 0.4) is 0 Å². The van der Waals surface area contributed by atoms with Crippen LogP contribution >= 0.6 is 23.2 Å². The number of hydrogen-bond donors (Lipinski definition) is 1. The van der Waals surface area contributed by atoms with E-state index in [1.165, 1.54) is 14.2 Å². The van der Waals surface area contributed by atoms with E-state index in [4.69, 9.17) is 32.7 Å². The molecule has 0 aliphatic rings. The molecule has 96 valence electrons. The second-order valence-corrected chi connectivity index (χ2v) is 4.92. The normalized spacial score (nSPS) is 15.0. The van der Waals surface area contributed by atoms with Gasteiger partial charge >= 0.3 is 0 Å². The summed E-state index contributed by atoms with van der Waals surface area (Å²) in [5.74, 6) is 0. The standard InChI is InChI=1S/C12H16Cl2O3/c1-12(15,11(16-2)17-3)7-8-4-5-9(13)6-10(8)14/h4-6,11,15H,7H2,1-3H3. The van der Waals surface area contributed by atoms with Crippen LogP contribution in [0.2, 0.25) is 10.0 Å². The molecular formula is C12H16Cl2O3. The van der Waals surface area contributed by atoms with E-state index in [1.54, 1.807) is 25.1 Å². The lowest BCUT2D eigenvalue weighted by molar-refractivity contribution is -0.207. The summed E-state index contributed by atoms with van der Waals surface area (Å²) in [6.45, 7) is 1.63. The van der Waals surface area contributed by atoms with Crippen LogP contribution in [0, 0.1) is 0 Å². The van der Waals surface area contributed by atoms with Gasteiger partial charge in [0, 0.05) is 30.7 Å². The van der Waals surface area contributed by atoms with Crippen LogP contribution in [0.1, 0.15) is 12.5 Å². The lowest BCUT2D eigenvalue weighted by atomic mass is 9.96. The van der Waals surface area contributed by atoms with Crippen molar-refractivity contribution < 1.29 is 14.6 Å². The predicted molar refractivity (Wildman–Crippen MR) is 68.6 cm³/mol. The Kier molecular flexibility index (Phi) is 5.22. The van der Waals surface area contributed by atoms with Crippen molar-refractivity contribution in [2.75, 3.05) is 14.2 Å². The summed E-state index contributed by atoms with van der Waals surface area (Å²) in [6.07, 6.45) is -0.399. The van der Waals surface area contributed by atoms with Gasteiger partial charge in [-0.2, -0.15) is 0 Å². The van der Waals surface area contributed by atoms with Gasteiger partial charge in [0.1, 0.15) is 5.60 Å². The Hall–Kier alpha value is -0.320. The van der Waals surface area contributed by atoms with Crippen LogP contribution < -0.4 is 0 Å². The Bertz CT molecular complexity index is 376. The smallest absolute Gasteiger partial charge is 0.185 e. The molecule has 0 aliphatic carbocycles. The molecule has 5 heteroatoms. The van der Waals surface area contributed by atoms with Gasteiger partial charge in [0.15, 0.2) is 6.29 Å². The van der Waals surface area contributed by atoms with Gasteiger partial charge in [-0.3, -0.25) is 0 Å². The third-order valence-corrected chi connectivity index (χ3v) is 3.09. The molecule has 1 aromatic rings. The summed E-state index contributed by atoms with van der Waals surface area (Å²) in [4.78, 5) is 0. The molecule has 0 saturated heterocycles. The molecule has 1 aromatic carbocycles. The molecule has 3 nitrogen and oxygen atoms in total. The summed E-state index contributed by atoms with van der Waals surface area (Å²) < 4.78 is 10.1. The molecule has 0 spiro atoms. The minimum absolute atomic E-state index is 0.315. The van der Waals surface area contributed by atoms with Gasteiger partial charge in [-0.1, -0.05) is 29.3 Å². The van der Waals surface area contributed by atoms with Gasteiger partial charge in [-0.25, -0.2) is 0 Å². The first kappa shape index (κ1) is 14.7. The van der Waals surface area contributed by atoms with Crippen LogP contribution in [0.15, 0.2) is 18.2 Å². The maximum Gasteiger partial charge on any atom is 0.185 e. The number of rotatable bonds is 5.